The van der Waals surface area contributed by atoms with Gasteiger partial charge in [0.2, 0.25) is 10.0 Å². The first-order chi connectivity index (χ1) is 15.5. The third-order valence-corrected chi connectivity index (χ3v) is 9.36. The van der Waals surface area contributed by atoms with Crippen molar-refractivity contribution in [2.75, 3.05) is 32.7 Å². The summed E-state index contributed by atoms with van der Waals surface area (Å²) in [5.74, 6) is 0.687. The van der Waals surface area contributed by atoms with E-state index >= 15 is 0 Å². The van der Waals surface area contributed by atoms with Crippen molar-refractivity contribution in [1.82, 2.24) is 14.5 Å². The van der Waals surface area contributed by atoms with Crippen molar-refractivity contribution in [1.29, 1.82) is 0 Å². The molecule has 1 aromatic carbocycles. The average molecular weight is 462 g/mol. The lowest BCUT2D eigenvalue weighted by Crippen LogP contribution is -2.46. The van der Waals surface area contributed by atoms with Crippen LogP contribution in [0.15, 0.2) is 29.2 Å². The first kappa shape index (κ1) is 23.7. The molecule has 0 bridgehead atoms. The highest BCUT2D eigenvalue weighted by molar-refractivity contribution is 7.89. The molecular weight excluding hydrogens is 422 g/mol. The second-order valence-corrected chi connectivity index (χ2v) is 11.8. The molecular formula is C25H39N3O3S. The Morgan fingerprint density at radius 1 is 0.875 bits per heavy atom. The van der Waals surface area contributed by atoms with E-state index in [1.165, 1.54) is 38.6 Å². The van der Waals surface area contributed by atoms with E-state index < -0.39 is 10.0 Å². The molecule has 3 fully saturated rings. The molecule has 2 aliphatic heterocycles. The van der Waals surface area contributed by atoms with Gasteiger partial charge in [0.05, 0.1) is 4.90 Å². The number of rotatable bonds is 6. The number of nitrogens with one attached hydrogen (secondary N) is 1. The second-order valence-electron chi connectivity index (χ2n) is 9.90. The lowest BCUT2D eigenvalue weighted by molar-refractivity contribution is 0.0901. The number of carbonyl (C=O) groups excluding carboxylic acids is 1. The molecule has 2 saturated heterocycles. The summed E-state index contributed by atoms with van der Waals surface area (Å²) < 4.78 is 27.8. The van der Waals surface area contributed by atoms with Crippen LogP contribution in [-0.2, 0) is 10.0 Å². The van der Waals surface area contributed by atoms with Crippen LogP contribution in [0.4, 0.5) is 0 Å². The van der Waals surface area contributed by atoms with E-state index in [9.17, 15) is 13.2 Å². The van der Waals surface area contributed by atoms with Gasteiger partial charge in [0, 0.05) is 44.3 Å². The molecule has 1 amide bonds. The van der Waals surface area contributed by atoms with Gasteiger partial charge >= 0.3 is 0 Å². The molecule has 6 nitrogen and oxygen atoms in total. The first-order valence-electron chi connectivity index (χ1n) is 12.7. The van der Waals surface area contributed by atoms with E-state index in [1.807, 2.05) is 0 Å². The van der Waals surface area contributed by atoms with Crippen molar-refractivity contribution in [2.24, 2.45) is 5.92 Å². The van der Waals surface area contributed by atoms with Gasteiger partial charge in [0.1, 0.15) is 0 Å². The Morgan fingerprint density at radius 3 is 2.22 bits per heavy atom. The van der Waals surface area contributed by atoms with Crippen LogP contribution in [-0.4, -0.2) is 62.3 Å². The molecule has 1 saturated carbocycles. The van der Waals surface area contributed by atoms with E-state index in [0.29, 0.717) is 18.7 Å². The number of hydrogen-bond acceptors (Lipinski definition) is 4. The molecule has 1 N–H and O–H groups in total. The summed E-state index contributed by atoms with van der Waals surface area (Å²) in [5.41, 5.74) is 0.436. The molecule has 0 aromatic heterocycles. The molecule has 0 unspecified atom stereocenters. The van der Waals surface area contributed by atoms with Gasteiger partial charge in [-0.15, -0.1) is 0 Å². The van der Waals surface area contributed by atoms with Gasteiger partial charge < -0.3 is 10.2 Å². The normalized spacial score (nSPS) is 23.0. The smallest absolute Gasteiger partial charge is 0.251 e. The molecule has 4 rings (SSSR count). The highest BCUT2D eigenvalue weighted by Gasteiger charge is 2.27. The molecule has 178 valence electrons. The van der Waals surface area contributed by atoms with Crippen LogP contribution in [0.5, 0.6) is 0 Å². The Hall–Kier alpha value is -1.44. The maximum absolute atomic E-state index is 13.1. The minimum absolute atomic E-state index is 0.163. The quantitative estimate of drug-likeness (QED) is 0.695. The van der Waals surface area contributed by atoms with Crippen molar-refractivity contribution in [3.05, 3.63) is 29.8 Å². The SMILES string of the molecule is O=C(NC1CCN(CC2CCCCC2)CC1)c1cccc(S(=O)(=O)N2CCCCCC2)c1. The fourth-order valence-electron chi connectivity index (χ4n) is 5.49. The summed E-state index contributed by atoms with van der Waals surface area (Å²) in [6.45, 7) is 4.41. The van der Waals surface area contributed by atoms with Gasteiger partial charge in [-0.1, -0.05) is 38.2 Å². The molecule has 3 aliphatic rings. The summed E-state index contributed by atoms with van der Waals surface area (Å²) in [6, 6.07) is 6.73. The maximum Gasteiger partial charge on any atom is 0.251 e. The third kappa shape index (κ3) is 6.12. The van der Waals surface area contributed by atoms with Crippen molar-refractivity contribution in [2.45, 2.75) is 81.6 Å². The number of likely N-dealkylation sites (tertiary alicyclic amines) is 1. The summed E-state index contributed by atoms with van der Waals surface area (Å²) in [7, 11) is -3.55. The zero-order valence-corrected chi connectivity index (χ0v) is 20.1. The number of carbonyl (C=O) groups is 1. The molecule has 7 heteroatoms. The lowest BCUT2D eigenvalue weighted by Gasteiger charge is -2.35. The largest absolute Gasteiger partial charge is 0.349 e. The molecule has 1 aromatic rings. The van der Waals surface area contributed by atoms with Crippen LogP contribution in [0, 0.1) is 5.92 Å². The van der Waals surface area contributed by atoms with Crippen LogP contribution in [0.1, 0.15) is 81.0 Å². The van der Waals surface area contributed by atoms with Crippen molar-refractivity contribution in [3.8, 4) is 0 Å². The zero-order chi connectivity index (χ0) is 22.4. The predicted molar refractivity (Wildman–Crippen MR) is 127 cm³/mol. The van der Waals surface area contributed by atoms with Crippen LogP contribution >= 0.6 is 0 Å². The number of piperidine rings is 1. The van der Waals surface area contributed by atoms with Crippen LogP contribution in [0.3, 0.4) is 0 Å². The highest BCUT2D eigenvalue weighted by atomic mass is 32.2. The summed E-state index contributed by atoms with van der Waals surface area (Å²) in [6.07, 6.45) is 12.8. The van der Waals surface area contributed by atoms with Gasteiger partial charge in [-0.3, -0.25) is 4.79 Å². The molecule has 0 atom stereocenters. The van der Waals surface area contributed by atoms with E-state index in [1.54, 1.807) is 28.6 Å². The Balaban J connectivity index is 1.31. The summed E-state index contributed by atoms with van der Waals surface area (Å²) >= 11 is 0. The molecule has 32 heavy (non-hydrogen) atoms. The zero-order valence-electron chi connectivity index (χ0n) is 19.3. The van der Waals surface area contributed by atoms with Crippen molar-refractivity contribution >= 4 is 15.9 Å². The first-order valence-corrected chi connectivity index (χ1v) is 14.1. The van der Waals surface area contributed by atoms with Crippen molar-refractivity contribution < 1.29 is 13.2 Å². The van der Waals surface area contributed by atoms with Gasteiger partial charge in [0.25, 0.3) is 5.91 Å². The Kier molecular flexibility index (Phi) is 8.24. The van der Waals surface area contributed by atoms with Crippen LogP contribution in [0.2, 0.25) is 0 Å². The Morgan fingerprint density at radius 2 is 1.53 bits per heavy atom. The topological polar surface area (TPSA) is 69.7 Å². The monoisotopic (exact) mass is 461 g/mol. The second kappa shape index (κ2) is 11.1. The minimum atomic E-state index is -3.55. The minimum Gasteiger partial charge on any atom is -0.349 e. The highest BCUT2D eigenvalue weighted by Crippen LogP contribution is 2.26. The van der Waals surface area contributed by atoms with Gasteiger partial charge in [-0.25, -0.2) is 8.42 Å². The third-order valence-electron chi connectivity index (χ3n) is 7.46. The van der Waals surface area contributed by atoms with E-state index in [4.69, 9.17) is 0 Å². The standard InChI is InChI=1S/C25H39N3O3S/c29-25(26-23-13-17-27(18-14-23)20-21-9-4-3-5-10-21)22-11-8-12-24(19-22)32(30,31)28-15-6-1-2-7-16-28/h8,11-12,19,21,23H,1-7,9-10,13-18,20H2,(H,26,29). The maximum atomic E-state index is 13.1. The number of nitrogens with zero attached hydrogens (tertiary/aromatic N) is 2. The van der Waals surface area contributed by atoms with E-state index in [0.717, 1.165) is 57.5 Å². The van der Waals surface area contributed by atoms with E-state index in [-0.39, 0.29) is 16.8 Å². The number of hydrogen-bond donors (Lipinski definition) is 1. The number of benzene rings is 1. The average Bonchev–Trinajstić information content (AvgIpc) is 3.11. The van der Waals surface area contributed by atoms with Gasteiger partial charge in [-0.2, -0.15) is 4.31 Å². The fraction of sp³-hybridized carbons (Fsp3) is 0.720. The molecule has 1 aliphatic carbocycles. The lowest BCUT2D eigenvalue weighted by atomic mass is 9.88. The van der Waals surface area contributed by atoms with Crippen molar-refractivity contribution in [3.63, 3.8) is 0 Å². The molecule has 0 radical (unpaired) electrons. The number of amides is 1. The van der Waals surface area contributed by atoms with Gasteiger partial charge in [0.15, 0.2) is 0 Å². The van der Waals surface area contributed by atoms with Crippen LogP contribution < -0.4 is 5.32 Å². The van der Waals surface area contributed by atoms with Gasteiger partial charge in [-0.05, 0) is 62.6 Å². The fourth-order valence-corrected chi connectivity index (χ4v) is 7.06. The Labute approximate surface area is 193 Å². The van der Waals surface area contributed by atoms with E-state index in [2.05, 4.69) is 10.2 Å². The summed E-state index contributed by atoms with van der Waals surface area (Å²) in [5, 5.41) is 3.15. The van der Waals surface area contributed by atoms with Crippen LogP contribution in [0.25, 0.3) is 0 Å². The molecule has 0 spiro atoms. The summed E-state index contributed by atoms with van der Waals surface area (Å²) in [4.78, 5) is 15.7. The number of sulfonamides is 1. The predicted octanol–water partition coefficient (Wildman–Crippen LogP) is 4.03. The molecule has 2 heterocycles. The Bertz CT molecular complexity index is 851.